The summed E-state index contributed by atoms with van der Waals surface area (Å²) < 4.78 is 5.25. The van der Waals surface area contributed by atoms with Gasteiger partial charge in [-0.1, -0.05) is 12.1 Å². The predicted molar refractivity (Wildman–Crippen MR) is 105 cm³/mol. The van der Waals surface area contributed by atoms with E-state index < -0.39 is 5.60 Å². The standard InChI is InChI=1S/C20H27N5O3/c1-24(12-16-10-22-19(21)23-11-16)14-20(27)7-4-8-25(18(20)26)13-15-5-3-6-17(9-15)28-2/h3,5-6,9-11,27H,4,7-8,12-14H2,1-2H3,(H2,21,22,23)/t20-/m0/s1. The summed E-state index contributed by atoms with van der Waals surface area (Å²) in [6, 6.07) is 7.63. The van der Waals surface area contributed by atoms with Crippen LogP contribution in [0.25, 0.3) is 0 Å². The summed E-state index contributed by atoms with van der Waals surface area (Å²) in [4.78, 5) is 24.6. The molecule has 1 aromatic carbocycles. The first kappa shape index (κ1) is 20.0. The van der Waals surface area contributed by atoms with Crippen LogP contribution in [0.15, 0.2) is 36.7 Å². The van der Waals surface area contributed by atoms with Gasteiger partial charge in [-0.3, -0.25) is 9.69 Å². The molecule has 0 unspecified atom stereocenters. The Morgan fingerprint density at radius 1 is 1.32 bits per heavy atom. The van der Waals surface area contributed by atoms with E-state index in [9.17, 15) is 9.90 Å². The van der Waals surface area contributed by atoms with Gasteiger partial charge in [0.25, 0.3) is 5.91 Å². The van der Waals surface area contributed by atoms with Crippen LogP contribution in [0.3, 0.4) is 0 Å². The van der Waals surface area contributed by atoms with Gasteiger partial charge in [-0.2, -0.15) is 0 Å². The molecule has 1 aromatic heterocycles. The lowest BCUT2D eigenvalue weighted by Gasteiger charge is -2.40. The van der Waals surface area contributed by atoms with Crippen LogP contribution >= 0.6 is 0 Å². The summed E-state index contributed by atoms with van der Waals surface area (Å²) in [6.07, 6.45) is 4.51. The molecule has 3 rings (SSSR count). The Morgan fingerprint density at radius 2 is 2.07 bits per heavy atom. The number of aliphatic hydroxyl groups is 1. The molecule has 1 aliphatic heterocycles. The molecule has 1 amide bonds. The summed E-state index contributed by atoms with van der Waals surface area (Å²) >= 11 is 0. The fourth-order valence-corrected chi connectivity index (χ4v) is 3.61. The van der Waals surface area contributed by atoms with E-state index in [1.54, 1.807) is 24.4 Å². The topological polar surface area (TPSA) is 105 Å². The van der Waals surface area contributed by atoms with Crippen LogP contribution in [-0.2, 0) is 17.9 Å². The lowest BCUT2D eigenvalue weighted by Crippen LogP contribution is -2.57. The maximum Gasteiger partial charge on any atom is 0.256 e. The Kier molecular flexibility index (Phi) is 6.11. The molecule has 2 aromatic rings. The Bertz CT molecular complexity index is 814. The third kappa shape index (κ3) is 4.76. The number of carbonyl (C=O) groups excluding carboxylic acids is 1. The molecule has 8 heteroatoms. The monoisotopic (exact) mass is 385 g/mol. The number of rotatable bonds is 7. The van der Waals surface area contributed by atoms with Crippen molar-refractivity contribution in [1.29, 1.82) is 0 Å². The summed E-state index contributed by atoms with van der Waals surface area (Å²) in [5, 5.41) is 11.1. The largest absolute Gasteiger partial charge is 0.497 e. The zero-order valence-electron chi connectivity index (χ0n) is 16.3. The number of amides is 1. The van der Waals surface area contributed by atoms with E-state index in [0.717, 1.165) is 23.3 Å². The number of hydrogen-bond donors (Lipinski definition) is 2. The fraction of sp³-hybridized carbons (Fsp3) is 0.450. The van der Waals surface area contributed by atoms with Crippen LogP contribution in [0.4, 0.5) is 5.95 Å². The third-order valence-electron chi connectivity index (χ3n) is 4.92. The second kappa shape index (κ2) is 8.53. The number of nitrogens with zero attached hydrogens (tertiary/aromatic N) is 4. The smallest absolute Gasteiger partial charge is 0.256 e. The van der Waals surface area contributed by atoms with Crippen molar-refractivity contribution in [2.45, 2.75) is 31.5 Å². The van der Waals surface area contributed by atoms with Gasteiger partial charge in [0.2, 0.25) is 5.95 Å². The highest BCUT2D eigenvalue weighted by molar-refractivity contribution is 5.86. The second-order valence-corrected chi connectivity index (χ2v) is 7.34. The summed E-state index contributed by atoms with van der Waals surface area (Å²) in [5.74, 6) is 0.741. The molecular weight excluding hydrogens is 358 g/mol. The number of methoxy groups -OCH3 is 1. The maximum absolute atomic E-state index is 13.0. The zero-order valence-corrected chi connectivity index (χ0v) is 16.3. The van der Waals surface area contributed by atoms with Gasteiger partial charge in [0.1, 0.15) is 5.75 Å². The minimum absolute atomic E-state index is 0.223. The van der Waals surface area contributed by atoms with Gasteiger partial charge in [0.05, 0.1) is 7.11 Å². The number of likely N-dealkylation sites (N-methyl/N-ethyl adjacent to an activating group) is 1. The number of nitrogens with two attached hydrogens (primary N) is 1. The molecule has 1 fully saturated rings. The van der Waals surface area contributed by atoms with E-state index in [-0.39, 0.29) is 18.4 Å². The van der Waals surface area contributed by atoms with E-state index >= 15 is 0 Å². The lowest BCUT2D eigenvalue weighted by atomic mass is 9.90. The van der Waals surface area contributed by atoms with Crippen LogP contribution in [0, 0.1) is 0 Å². The maximum atomic E-state index is 13.0. The SMILES string of the molecule is COc1cccc(CN2CCC[C@](O)(CN(C)Cc3cnc(N)nc3)C2=O)c1. The van der Waals surface area contributed by atoms with Crippen molar-refractivity contribution in [3.63, 3.8) is 0 Å². The lowest BCUT2D eigenvalue weighted by molar-refractivity contribution is -0.160. The summed E-state index contributed by atoms with van der Waals surface area (Å²) in [6.45, 7) is 1.85. The quantitative estimate of drug-likeness (QED) is 0.734. The number of piperidine rings is 1. The number of nitrogen functional groups attached to an aromatic ring is 1. The van der Waals surface area contributed by atoms with Crippen molar-refractivity contribution in [2.24, 2.45) is 0 Å². The Hall–Kier alpha value is -2.71. The van der Waals surface area contributed by atoms with Crippen LogP contribution in [-0.4, -0.2) is 63.6 Å². The summed E-state index contributed by atoms with van der Waals surface area (Å²) in [5.41, 5.74) is 5.96. The average Bonchev–Trinajstić information content (AvgIpc) is 2.67. The molecular formula is C20H27N5O3. The van der Waals surface area contributed by atoms with Crippen molar-refractivity contribution in [2.75, 3.05) is 33.0 Å². The highest BCUT2D eigenvalue weighted by Gasteiger charge is 2.42. The van der Waals surface area contributed by atoms with Gasteiger partial charge in [-0.25, -0.2) is 9.97 Å². The first-order valence-corrected chi connectivity index (χ1v) is 9.29. The number of carbonyl (C=O) groups is 1. The molecule has 28 heavy (non-hydrogen) atoms. The third-order valence-corrected chi connectivity index (χ3v) is 4.92. The molecule has 2 heterocycles. The molecule has 0 saturated carbocycles. The Balaban J connectivity index is 1.64. The van der Waals surface area contributed by atoms with E-state index in [1.165, 1.54) is 0 Å². The highest BCUT2D eigenvalue weighted by Crippen LogP contribution is 2.26. The van der Waals surface area contributed by atoms with Crippen molar-refractivity contribution in [3.8, 4) is 5.75 Å². The van der Waals surface area contributed by atoms with Crippen LogP contribution < -0.4 is 10.5 Å². The van der Waals surface area contributed by atoms with E-state index in [0.29, 0.717) is 26.1 Å². The van der Waals surface area contributed by atoms with E-state index in [4.69, 9.17) is 10.5 Å². The number of ether oxygens (including phenoxy) is 1. The Morgan fingerprint density at radius 3 is 2.79 bits per heavy atom. The summed E-state index contributed by atoms with van der Waals surface area (Å²) in [7, 11) is 3.48. The average molecular weight is 385 g/mol. The number of anilines is 1. The molecule has 1 saturated heterocycles. The van der Waals surface area contributed by atoms with Crippen molar-refractivity contribution in [1.82, 2.24) is 19.8 Å². The van der Waals surface area contributed by atoms with Crippen molar-refractivity contribution < 1.29 is 14.6 Å². The van der Waals surface area contributed by atoms with Gasteiger partial charge in [0, 0.05) is 44.1 Å². The molecule has 1 aliphatic rings. The van der Waals surface area contributed by atoms with Crippen molar-refractivity contribution >= 4 is 11.9 Å². The van der Waals surface area contributed by atoms with Gasteiger partial charge >= 0.3 is 0 Å². The zero-order chi connectivity index (χ0) is 20.1. The predicted octanol–water partition coefficient (Wildman–Crippen LogP) is 1.05. The van der Waals surface area contributed by atoms with Crippen LogP contribution in [0.5, 0.6) is 5.75 Å². The first-order valence-electron chi connectivity index (χ1n) is 9.29. The minimum atomic E-state index is -1.40. The van der Waals surface area contributed by atoms with Gasteiger partial charge in [0.15, 0.2) is 5.60 Å². The fourth-order valence-electron chi connectivity index (χ4n) is 3.61. The second-order valence-electron chi connectivity index (χ2n) is 7.34. The number of aromatic nitrogens is 2. The minimum Gasteiger partial charge on any atom is -0.497 e. The molecule has 0 spiro atoms. The molecule has 0 radical (unpaired) electrons. The van der Waals surface area contributed by atoms with Gasteiger partial charge in [-0.15, -0.1) is 0 Å². The molecule has 0 aliphatic carbocycles. The highest BCUT2D eigenvalue weighted by atomic mass is 16.5. The number of hydrogen-bond acceptors (Lipinski definition) is 7. The molecule has 3 N–H and O–H groups in total. The van der Waals surface area contributed by atoms with Crippen molar-refractivity contribution in [3.05, 3.63) is 47.8 Å². The van der Waals surface area contributed by atoms with Crippen LogP contribution in [0.2, 0.25) is 0 Å². The molecule has 8 nitrogen and oxygen atoms in total. The van der Waals surface area contributed by atoms with Gasteiger partial charge < -0.3 is 20.5 Å². The first-order chi connectivity index (χ1) is 13.4. The molecule has 0 bridgehead atoms. The van der Waals surface area contributed by atoms with E-state index in [1.807, 2.05) is 36.2 Å². The van der Waals surface area contributed by atoms with E-state index in [2.05, 4.69) is 9.97 Å². The normalized spacial score (nSPS) is 19.9. The number of likely N-dealkylation sites (tertiary alicyclic amines) is 1. The van der Waals surface area contributed by atoms with Gasteiger partial charge in [-0.05, 0) is 37.6 Å². The molecule has 150 valence electrons. The Labute approximate surface area is 165 Å². The molecule has 1 atom stereocenters. The van der Waals surface area contributed by atoms with Crippen LogP contribution in [0.1, 0.15) is 24.0 Å². The number of benzene rings is 1.